The smallest absolute Gasteiger partial charge is 0.0460 e. The third-order valence-corrected chi connectivity index (χ3v) is 2.10. The number of hydrogen-bond donors (Lipinski definition) is 1. The summed E-state index contributed by atoms with van der Waals surface area (Å²) < 4.78 is 0. The highest BCUT2D eigenvalue weighted by molar-refractivity contribution is 4.68. The van der Waals surface area contributed by atoms with Crippen molar-refractivity contribution in [2.75, 3.05) is 26.7 Å². The van der Waals surface area contributed by atoms with E-state index in [1.807, 2.05) is 0 Å². The first-order chi connectivity index (χ1) is 4.33. The molecule has 0 bridgehead atoms. The normalized spacial score (nSPS) is 22.2. The number of piperidine rings is 1. The molecule has 2 heteroatoms. The molecule has 62 valence electrons. The molecule has 0 spiro atoms. The molecule has 1 heterocycles. The molecule has 0 radical (unpaired) electrons. The lowest BCUT2D eigenvalue weighted by molar-refractivity contribution is 0.148. The highest BCUT2D eigenvalue weighted by Gasteiger charge is 2.14. The molecule has 1 fully saturated rings. The van der Waals surface area contributed by atoms with Gasteiger partial charge in [-0.3, -0.25) is 0 Å². The van der Waals surface area contributed by atoms with Gasteiger partial charge in [0.25, 0.3) is 0 Å². The van der Waals surface area contributed by atoms with Crippen molar-refractivity contribution in [3.8, 4) is 0 Å². The maximum absolute atomic E-state index is 8.76. The Hall–Kier alpha value is -0.0800. The van der Waals surface area contributed by atoms with E-state index >= 15 is 0 Å². The molecule has 0 saturated carbocycles. The van der Waals surface area contributed by atoms with Crippen LogP contribution in [0.25, 0.3) is 0 Å². The number of nitrogens with zero attached hydrogens (tertiary/aromatic N) is 1. The zero-order chi connectivity index (χ0) is 6.69. The maximum atomic E-state index is 8.76. The summed E-state index contributed by atoms with van der Waals surface area (Å²) in [4.78, 5) is 2.31. The minimum atomic E-state index is 0. The molecule has 0 aromatic heterocycles. The van der Waals surface area contributed by atoms with Gasteiger partial charge in [-0.2, -0.15) is 0 Å². The van der Waals surface area contributed by atoms with Crippen LogP contribution < -0.4 is 0 Å². The van der Waals surface area contributed by atoms with E-state index in [9.17, 15) is 0 Å². The molecule has 0 aromatic carbocycles. The molecule has 1 rings (SSSR count). The fourth-order valence-corrected chi connectivity index (χ4v) is 1.24. The molecule has 0 unspecified atom stereocenters. The van der Waals surface area contributed by atoms with Gasteiger partial charge < -0.3 is 10.0 Å². The predicted octanol–water partition coefficient (Wildman–Crippen LogP) is 0.957. The van der Waals surface area contributed by atoms with E-state index < -0.39 is 0 Å². The van der Waals surface area contributed by atoms with Crippen molar-refractivity contribution >= 4 is 0 Å². The van der Waals surface area contributed by atoms with Crippen LogP contribution in [-0.2, 0) is 0 Å². The Bertz CT molecular complexity index is 77.3. The number of rotatable bonds is 1. The summed E-state index contributed by atoms with van der Waals surface area (Å²) in [5.74, 6) is 0.584. The SMILES string of the molecule is C.CN1CCC(CO)CC1. The standard InChI is InChI=1S/C7H15NO.CH4/c1-8-4-2-7(6-9)3-5-8;/h7,9H,2-6H2,1H3;1H4. The largest absolute Gasteiger partial charge is 0.396 e. The first-order valence-electron chi connectivity index (χ1n) is 3.62. The van der Waals surface area contributed by atoms with Crippen LogP contribution in [-0.4, -0.2) is 36.8 Å². The molecule has 1 N–H and O–H groups in total. The Morgan fingerprint density at radius 2 is 1.90 bits per heavy atom. The lowest BCUT2D eigenvalue weighted by Gasteiger charge is -2.27. The quantitative estimate of drug-likeness (QED) is 0.594. The van der Waals surface area contributed by atoms with Crippen molar-refractivity contribution in [2.24, 2.45) is 5.92 Å². The van der Waals surface area contributed by atoms with Gasteiger partial charge in [0.2, 0.25) is 0 Å². The van der Waals surface area contributed by atoms with Gasteiger partial charge in [-0.15, -0.1) is 0 Å². The summed E-state index contributed by atoms with van der Waals surface area (Å²) >= 11 is 0. The van der Waals surface area contributed by atoms with E-state index in [4.69, 9.17) is 5.11 Å². The Balaban J connectivity index is 0.000000810. The molecular weight excluding hydrogens is 126 g/mol. The van der Waals surface area contributed by atoms with Crippen LogP contribution in [0.3, 0.4) is 0 Å². The molecule has 0 aliphatic carbocycles. The molecule has 0 atom stereocenters. The number of aliphatic hydroxyl groups excluding tert-OH is 1. The minimum Gasteiger partial charge on any atom is -0.396 e. The minimum absolute atomic E-state index is 0. The van der Waals surface area contributed by atoms with Gasteiger partial charge in [0.15, 0.2) is 0 Å². The van der Waals surface area contributed by atoms with Crippen LogP contribution in [0.15, 0.2) is 0 Å². The first-order valence-corrected chi connectivity index (χ1v) is 3.62. The van der Waals surface area contributed by atoms with E-state index in [1.54, 1.807) is 0 Å². The van der Waals surface area contributed by atoms with E-state index in [-0.39, 0.29) is 7.43 Å². The van der Waals surface area contributed by atoms with Crippen molar-refractivity contribution in [2.45, 2.75) is 20.3 Å². The molecule has 1 aliphatic heterocycles. The summed E-state index contributed by atoms with van der Waals surface area (Å²) in [6.07, 6.45) is 2.35. The highest BCUT2D eigenvalue weighted by Crippen LogP contribution is 2.14. The zero-order valence-electron chi connectivity index (χ0n) is 6.01. The predicted molar refractivity (Wildman–Crippen MR) is 44.0 cm³/mol. The van der Waals surface area contributed by atoms with Gasteiger partial charge in [0, 0.05) is 6.61 Å². The van der Waals surface area contributed by atoms with E-state index in [0.29, 0.717) is 12.5 Å². The van der Waals surface area contributed by atoms with Crippen LogP contribution in [0.2, 0.25) is 0 Å². The van der Waals surface area contributed by atoms with E-state index in [2.05, 4.69) is 11.9 Å². The van der Waals surface area contributed by atoms with Crippen molar-refractivity contribution in [3.05, 3.63) is 0 Å². The monoisotopic (exact) mass is 145 g/mol. The Morgan fingerprint density at radius 3 is 2.30 bits per heavy atom. The molecule has 0 amide bonds. The fourth-order valence-electron chi connectivity index (χ4n) is 1.24. The van der Waals surface area contributed by atoms with Crippen LogP contribution in [0.5, 0.6) is 0 Å². The lowest BCUT2D eigenvalue weighted by Crippen LogP contribution is -2.31. The summed E-state index contributed by atoms with van der Waals surface area (Å²) in [5, 5.41) is 8.76. The van der Waals surface area contributed by atoms with Gasteiger partial charge >= 0.3 is 0 Å². The van der Waals surface area contributed by atoms with Crippen LogP contribution in [0, 0.1) is 5.92 Å². The average molecular weight is 145 g/mol. The van der Waals surface area contributed by atoms with Gasteiger partial charge in [0.05, 0.1) is 0 Å². The van der Waals surface area contributed by atoms with Crippen molar-refractivity contribution in [1.29, 1.82) is 0 Å². The van der Waals surface area contributed by atoms with Gasteiger partial charge in [-0.1, -0.05) is 7.43 Å². The summed E-state index contributed by atoms with van der Waals surface area (Å²) in [7, 11) is 2.13. The van der Waals surface area contributed by atoms with Crippen LogP contribution in [0.1, 0.15) is 20.3 Å². The van der Waals surface area contributed by atoms with Gasteiger partial charge in [0.1, 0.15) is 0 Å². The average Bonchev–Trinajstić information content (AvgIpc) is 1.90. The van der Waals surface area contributed by atoms with Crippen molar-refractivity contribution < 1.29 is 5.11 Å². The van der Waals surface area contributed by atoms with Crippen LogP contribution >= 0.6 is 0 Å². The summed E-state index contributed by atoms with van der Waals surface area (Å²) in [6.45, 7) is 2.70. The van der Waals surface area contributed by atoms with Crippen molar-refractivity contribution in [3.63, 3.8) is 0 Å². The lowest BCUT2D eigenvalue weighted by atomic mass is 9.98. The number of aliphatic hydroxyl groups is 1. The second-order valence-corrected chi connectivity index (χ2v) is 2.93. The third-order valence-electron chi connectivity index (χ3n) is 2.10. The molecular formula is C8H19NO. The third kappa shape index (κ3) is 2.67. The first kappa shape index (κ1) is 9.92. The number of likely N-dealkylation sites (tertiary alicyclic amines) is 1. The van der Waals surface area contributed by atoms with E-state index in [0.717, 1.165) is 13.1 Å². The molecule has 1 saturated heterocycles. The molecule has 10 heavy (non-hydrogen) atoms. The molecule has 0 aromatic rings. The Labute approximate surface area is 63.8 Å². The fraction of sp³-hybridized carbons (Fsp3) is 1.00. The molecule has 2 nitrogen and oxygen atoms in total. The van der Waals surface area contributed by atoms with Crippen molar-refractivity contribution in [1.82, 2.24) is 4.90 Å². The van der Waals surface area contributed by atoms with Gasteiger partial charge in [-0.25, -0.2) is 0 Å². The summed E-state index contributed by atoms with van der Waals surface area (Å²) in [6, 6.07) is 0. The maximum Gasteiger partial charge on any atom is 0.0460 e. The van der Waals surface area contributed by atoms with Crippen LogP contribution in [0.4, 0.5) is 0 Å². The van der Waals surface area contributed by atoms with E-state index in [1.165, 1.54) is 12.8 Å². The second-order valence-electron chi connectivity index (χ2n) is 2.93. The summed E-state index contributed by atoms with van der Waals surface area (Å²) in [5.41, 5.74) is 0. The van der Waals surface area contributed by atoms with Gasteiger partial charge in [-0.05, 0) is 38.9 Å². The Kier molecular flexibility index (Phi) is 4.65. The number of hydrogen-bond acceptors (Lipinski definition) is 2. The Morgan fingerprint density at radius 1 is 1.40 bits per heavy atom. The molecule has 1 aliphatic rings. The highest BCUT2D eigenvalue weighted by atomic mass is 16.3. The topological polar surface area (TPSA) is 23.5 Å². The zero-order valence-corrected chi connectivity index (χ0v) is 6.01. The second kappa shape index (κ2) is 4.69.